The van der Waals surface area contributed by atoms with Crippen molar-refractivity contribution in [3.05, 3.63) is 31.3 Å². The van der Waals surface area contributed by atoms with Crippen molar-refractivity contribution in [1.82, 2.24) is 9.55 Å². The van der Waals surface area contributed by atoms with Crippen molar-refractivity contribution in [2.24, 2.45) is 7.05 Å². The van der Waals surface area contributed by atoms with Gasteiger partial charge in [-0.15, -0.1) is 11.3 Å². The van der Waals surface area contributed by atoms with Crippen LogP contribution in [0.3, 0.4) is 0 Å². The molecule has 0 saturated heterocycles. The highest BCUT2D eigenvalue weighted by atomic mass is 32.1. The third kappa shape index (κ3) is 1.56. The maximum absolute atomic E-state index is 12.0. The van der Waals surface area contributed by atoms with E-state index in [1.165, 1.54) is 18.4 Å². The quantitative estimate of drug-likeness (QED) is 0.777. The topological polar surface area (TPSA) is 64.1 Å². The van der Waals surface area contributed by atoms with Gasteiger partial charge in [0.25, 0.3) is 5.56 Å². The van der Waals surface area contributed by atoms with Gasteiger partial charge in [-0.3, -0.25) is 9.36 Å². The van der Waals surface area contributed by atoms with E-state index in [4.69, 9.17) is 4.74 Å². The maximum atomic E-state index is 12.0. The summed E-state index contributed by atoms with van der Waals surface area (Å²) < 4.78 is 7.47. The van der Waals surface area contributed by atoms with Crippen LogP contribution in [0, 0.1) is 0 Å². The van der Waals surface area contributed by atoms with Crippen molar-refractivity contribution < 1.29 is 4.74 Å². The molecule has 0 aliphatic carbocycles. The molecule has 18 heavy (non-hydrogen) atoms. The summed E-state index contributed by atoms with van der Waals surface area (Å²) in [4.78, 5) is 27.6. The minimum Gasteiger partial charge on any atom is -0.370 e. The van der Waals surface area contributed by atoms with Crippen LogP contribution in [0.25, 0.3) is 10.2 Å². The van der Waals surface area contributed by atoms with Crippen LogP contribution >= 0.6 is 11.3 Å². The second kappa shape index (κ2) is 3.55. The molecule has 1 N–H and O–H groups in total. The van der Waals surface area contributed by atoms with Crippen LogP contribution in [0.1, 0.15) is 24.3 Å². The molecule has 0 aromatic carbocycles. The zero-order valence-electron chi connectivity index (χ0n) is 10.5. The van der Waals surface area contributed by atoms with Crippen molar-refractivity contribution in [3.63, 3.8) is 0 Å². The normalized spacial score (nSPS) is 17.9. The zero-order valence-corrected chi connectivity index (χ0v) is 11.3. The summed E-state index contributed by atoms with van der Waals surface area (Å²) in [5, 5.41) is 0. The highest BCUT2D eigenvalue weighted by Gasteiger charge is 2.30. The lowest BCUT2D eigenvalue weighted by Gasteiger charge is -2.29. The van der Waals surface area contributed by atoms with Gasteiger partial charge < -0.3 is 9.72 Å². The predicted molar refractivity (Wildman–Crippen MR) is 70.3 cm³/mol. The Labute approximate surface area is 107 Å². The first-order valence-electron chi connectivity index (χ1n) is 5.76. The Balaban J connectivity index is 2.36. The summed E-state index contributed by atoms with van der Waals surface area (Å²) in [5.74, 6) is 0. The van der Waals surface area contributed by atoms with Crippen LogP contribution in [0.2, 0.25) is 0 Å². The molecule has 0 unspecified atom stereocenters. The van der Waals surface area contributed by atoms with Crippen LogP contribution in [-0.2, 0) is 24.8 Å². The Morgan fingerprint density at radius 2 is 2.11 bits per heavy atom. The van der Waals surface area contributed by atoms with Gasteiger partial charge in [0.15, 0.2) is 0 Å². The average Bonchev–Trinajstić information content (AvgIpc) is 2.62. The standard InChI is InChI=1S/C12H14N2O3S/c1-12(2)4-7-6(5-17-12)8-9(18-7)10(15)14(3)11(16)13-8/h4-5H2,1-3H3,(H,13,16). The highest BCUT2D eigenvalue weighted by Crippen LogP contribution is 2.36. The van der Waals surface area contributed by atoms with E-state index in [1.807, 2.05) is 13.8 Å². The first-order valence-corrected chi connectivity index (χ1v) is 6.58. The van der Waals surface area contributed by atoms with Gasteiger partial charge in [0, 0.05) is 23.9 Å². The fraction of sp³-hybridized carbons (Fsp3) is 0.500. The van der Waals surface area contributed by atoms with Crippen molar-refractivity contribution in [2.75, 3.05) is 0 Å². The number of nitrogens with zero attached hydrogens (tertiary/aromatic N) is 1. The molecule has 0 amide bonds. The van der Waals surface area contributed by atoms with E-state index in [9.17, 15) is 9.59 Å². The predicted octanol–water partition coefficient (Wildman–Crippen LogP) is 1.14. The first kappa shape index (κ1) is 11.7. The summed E-state index contributed by atoms with van der Waals surface area (Å²) in [6.07, 6.45) is 0.771. The van der Waals surface area contributed by atoms with Crippen LogP contribution in [-0.4, -0.2) is 15.2 Å². The minimum absolute atomic E-state index is 0.209. The Bertz CT molecular complexity index is 751. The second-order valence-corrected chi connectivity index (χ2v) is 6.33. The smallest absolute Gasteiger partial charge is 0.328 e. The number of thiophene rings is 1. The van der Waals surface area contributed by atoms with Gasteiger partial charge in [-0.25, -0.2) is 4.79 Å². The largest absolute Gasteiger partial charge is 0.370 e. The lowest BCUT2D eigenvalue weighted by atomic mass is 9.98. The van der Waals surface area contributed by atoms with Crippen molar-refractivity contribution >= 4 is 21.6 Å². The molecule has 0 bridgehead atoms. The molecule has 3 heterocycles. The van der Waals surface area contributed by atoms with Crippen molar-refractivity contribution in [3.8, 4) is 0 Å². The monoisotopic (exact) mass is 266 g/mol. The highest BCUT2D eigenvalue weighted by molar-refractivity contribution is 7.19. The molecule has 0 spiro atoms. The summed E-state index contributed by atoms with van der Waals surface area (Å²) in [7, 11) is 1.49. The number of rotatable bonds is 0. The van der Waals surface area contributed by atoms with Gasteiger partial charge in [0.1, 0.15) is 4.70 Å². The Morgan fingerprint density at radius 3 is 2.83 bits per heavy atom. The van der Waals surface area contributed by atoms with E-state index < -0.39 is 0 Å². The molecule has 2 aromatic heterocycles. The van der Waals surface area contributed by atoms with Gasteiger partial charge in [0.05, 0.1) is 17.7 Å². The number of fused-ring (bicyclic) bond motifs is 3. The van der Waals surface area contributed by atoms with Gasteiger partial charge in [-0.2, -0.15) is 0 Å². The summed E-state index contributed by atoms with van der Waals surface area (Å²) in [6.45, 7) is 4.51. The van der Waals surface area contributed by atoms with Crippen molar-refractivity contribution in [1.29, 1.82) is 0 Å². The van der Waals surface area contributed by atoms with Gasteiger partial charge in [0.2, 0.25) is 0 Å². The SMILES string of the molecule is Cn1c(=O)[nH]c2c3c(sc2c1=O)CC(C)(C)OC3. The third-order valence-electron chi connectivity index (χ3n) is 3.32. The van der Waals surface area contributed by atoms with Crippen LogP contribution in [0.15, 0.2) is 9.59 Å². The average molecular weight is 266 g/mol. The lowest BCUT2D eigenvalue weighted by Crippen LogP contribution is -2.32. The van der Waals surface area contributed by atoms with E-state index in [1.54, 1.807) is 0 Å². The first-order chi connectivity index (χ1) is 8.39. The summed E-state index contributed by atoms with van der Waals surface area (Å²) >= 11 is 1.47. The van der Waals surface area contributed by atoms with Gasteiger partial charge in [-0.05, 0) is 13.8 Å². The molecule has 0 fully saturated rings. The molecule has 1 aliphatic rings. The molecular weight excluding hydrogens is 252 g/mol. The molecule has 96 valence electrons. The molecule has 5 nitrogen and oxygen atoms in total. The van der Waals surface area contributed by atoms with Crippen LogP contribution < -0.4 is 11.2 Å². The molecule has 3 rings (SSSR count). The zero-order chi connectivity index (χ0) is 13.1. The molecule has 1 aliphatic heterocycles. The van der Waals surface area contributed by atoms with Gasteiger partial charge in [-0.1, -0.05) is 0 Å². The fourth-order valence-corrected chi connectivity index (χ4v) is 3.68. The molecule has 2 aromatic rings. The number of nitrogens with one attached hydrogen (secondary N) is 1. The fourth-order valence-electron chi connectivity index (χ4n) is 2.23. The van der Waals surface area contributed by atoms with Gasteiger partial charge >= 0.3 is 5.69 Å². The Kier molecular flexibility index (Phi) is 2.30. The lowest BCUT2D eigenvalue weighted by molar-refractivity contribution is -0.0383. The van der Waals surface area contributed by atoms with E-state index in [0.717, 1.165) is 21.4 Å². The number of aromatic nitrogens is 2. The molecule has 0 radical (unpaired) electrons. The number of aromatic amines is 1. The number of H-pyrrole nitrogens is 1. The molecule has 6 heteroatoms. The minimum atomic E-state index is -0.377. The van der Waals surface area contributed by atoms with Crippen LogP contribution in [0.4, 0.5) is 0 Å². The molecule has 0 saturated carbocycles. The number of hydrogen-bond donors (Lipinski definition) is 1. The molecule has 0 atom stereocenters. The Hall–Kier alpha value is -1.40. The molecular formula is C12H14N2O3S. The summed E-state index contributed by atoms with van der Waals surface area (Å²) in [6, 6.07) is 0. The summed E-state index contributed by atoms with van der Waals surface area (Å²) in [5.41, 5.74) is 0.797. The number of ether oxygens (including phenoxy) is 1. The van der Waals surface area contributed by atoms with E-state index >= 15 is 0 Å². The number of hydrogen-bond acceptors (Lipinski definition) is 4. The Morgan fingerprint density at radius 1 is 1.39 bits per heavy atom. The van der Waals surface area contributed by atoms with Crippen LogP contribution in [0.5, 0.6) is 0 Å². The second-order valence-electron chi connectivity index (χ2n) is 5.23. The van der Waals surface area contributed by atoms with E-state index in [2.05, 4.69) is 4.98 Å². The maximum Gasteiger partial charge on any atom is 0.328 e. The van der Waals surface area contributed by atoms with E-state index in [0.29, 0.717) is 16.8 Å². The third-order valence-corrected chi connectivity index (χ3v) is 4.54. The van der Waals surface area contributed by atoms with E-state index in [-0.39, 0.29) is 16.9 Å². The van der Waals surface area contributed by atoms with Crippen molar-refractivity contribution in [2.45, 2.75) is 32.5 Å².